The van der Waals surface area contributed by atoms with Crippen LogP contribution in [0.4, 0.5) is 22.7 Å². The monoisotopic (exact) mass is 465 g/mol. The Kier molecular flexibility index (Phi) is 5.78. The van der Waals surface area contributed by atoms with Crippen LogP contribution >= 0.6 is 11.3 Å². The summed E-state index contributed by atoms with van der Waals surface area (Å²) in [5.74, 6) is -1.31. The molecule has 2 aromatic carbocycles. The second-order valence-electron chi connectivity index (χ2n) is 7.41. The number of nitrogens with one attached hydrogen (secondary N) is 2. The smallest absolute Gasteiger partial charge is 0.360 e. The average molecular weight is 465 g/mol. The van der Waals surface area contributed by atoms with Gasteiger partial charge in [0.25, 0.3) is 0 Å². The van der Waals surface area contributed by atoms with Crippen molar-refractivity contribution in [2.75, 3.05) is 11.9 Å². The molecule has 0 spiro atoms. The van der Waals surface area contributed by atoms with Gasteiger partial charge in [-0.05, 0) is 41.8 Å². The predicted molar refractivity (Wildman–Crippen MR) is 116 cm³/mol. The molecule has 0 bridgehead atoms. The van der Waals surface area contributed by atoms with Gasteiger partial charge in [-0.2, -0.15) is 13.2 Å². The number of hydrogen-bond donors (Lipinski definition) is 3. The van der Waals surface area contributed by atoms with Crippen molar-refractivity contribution in [2.24, 2.45) is 12.8 Å². The zero-order valence-corrected chi connectivity index (χ0v) is 17.6. The quantitative estimate of drug-likeness (QED) is 0.374. The summed E-state index contributed by atoms with van der Waals surface area (Å²) >= 11 is 1.40. The van der Waals surface area contributed by atoms with Crippen molar-refractivity contribution in [3.05, 3.63) is 70.0 Å². The molecule has 0 fully saturated rings. The van der Waals surface area contributed by atoms with Crippen LogP contribution < -0.4 is 16.7 Å². The van der Waals surface area contributed by atoms with E-state index in [1.807, 2.05) is 18.2 Å². The number of anilines is 1. The molecule has 6 nitrogen and oxygen atoms in total. The maximum atomic E-state index is 13.7. The Hall–Kier alpha value is -3.18. The van der Waals surface area contributed by atoms with Crippen LogP contribution in [0.2, 0.25) is 0 Å². The van der Waals surface area contributed by atoms with Crippen LogP contribution in [0.5, 0.6) is 0 Å². The number of aromatic nitrogens is 3. The normalized spacial score (nSPS) is 12.9. The standard InChI is InChI=1S/C21H19F4N5OS/c1-30-17-8-12(3-5-16(17)29-20(30)31)18-10-28-19(32-18)27-9-13(26)6-11-2-4-14(15(22)7-11)21(23,24)25/h2-5,7-8,10,13H,6,9,26H2,1H3,(H,27,28)(H,29,31)/t13-/m1/s1. The molecule has 4 N–H and O–H groups in total. The molecule has 0 amide bonds. The Balaban J connectivity index is 1.39. The fourth-order valence-electron chi connectivity index (χ4n) is 3.37. The van der Waals surface area contributed by atoms with Gasteiger partial charge in [0, 0.05) is 25.8 Å². The van der Waals surface area contributed by atoms with Crippen molar-refractivity contribution >= 4 is 27.5 Å². The number of hydrogen-bond acceptors (Lipinski definition) is 5. The number of imidazole rings is 1. The molecule has 2 heterocycles. The zero-order chi connectivity index (χ0) is 23.0. The topological polar surface area (TPSA) is 88.7 Å². The van der Waals surface area contributed by atoms with Gasteiger partial charge in [0.1, 0.15) is 5.82 Å². The molecule has 0 unspecified atom stereocenters. The highest BCUT2D eigenvalue weighted by Gasteiger charge is 2.33. The van der Waals surface area contributed by atoms with Crippen LogP contribution in [-0.2, 0) is 19.6 Å². The SMILES string of the molecule is Cn1c(=O)[nH]c2ccc(-c3cnc(NC[C@H](N)Cc4ccc(C(F)(F)F)c(F)c4)s3)cc21. The summed E-state index contributed by atoms with van der Waals surface area (Å²) < 4.78 is 53.3. The van der Waals surface area contributed by atoms with Gasteiger partial charge < -0.3 is 16.0 Å². The van der Waals surface area contributed by atoms with Crippen molar-refractivity contribution in [1.82, 2.24) is 14.5 Å². The number of benzene rings is 2. The van der Waals surface area contributed by atoms with Crippen molar-refractivity contribution in [2.45, 2.75) is 18.6 Å². The molecule has 0 aliphatic carbocycles. The van der Waals surface area contributed by atoms with Crippen LogP contribution in [0.1, 0.15) is 11.1 Å². The fourth-order valence-corrected chi connectivity index (χ4v) is 4.19. The van der Waals surface area contributed by atoms with Gasteiger partial charge in [-0.25, -0.2) is 14.2 Å². The zero-order valence-electron chi connectivity index (χ0n) is 16.8. The molecule has 0 aliphatic rings. The molecular weight excluding hydrogens is 446 g/mol. The van der Waals surface area contributed by atoms with Crippen LogP contribution in [0, 0.1) is 5.82 Å². The maximum absolute atomic E-state index is 13.7. The van der Waals surface area contributed by atoms with E-state index in [0.29, 0.717) is 17.2 Å². The molecule has 1 atom stereocenters. The summed E-state index contributed by atoms with van der Waals surface area (Å²) in [6, 6.07) is 8.00. The van der Waals surface area contributed by atoms with E-state index in [4.69, 9.17) is 5.73 Å². The van der Waals surface area contributed by atoms with Crippen molar-refractivity contribution < 1.29 is 17.6 Å². The number of aromatic amines is 1. The molecule has 2 aromatic heterocycles. The largest absolute Gasteiger partial charge is 0.419 e. The minimum Gasteiger partial charge on any atom is -0.360 e. The third kappa shape index (κ3) is 4.53. The second kappa shape index (κ2) is 8.40. The van der Waals surface area contributed by atoms with E-state index in [9.17, 15) is 22.4 Å². The molecule has 4 rings (SSSR count). The Bertz CT molecular complexity index is 1320. The van der Waals surface area contributed by atoms with E-state index in [0.717, 1.165) is 33.6 Å². The van der Waals surface area contributed by atoms with E-state index < -0.39 is 23.6 Å². The molecule has 0 aliphatic heterocycles. The number of aryl methyl sites for hydroxylation is 1. The summed E-state index contributed by atoms with van der Waals surface area (Å²) in [7, 11) is 1.69. The Labute approximate surface area is 183 Å². The third-order valence-corrected chi connectivity index (χ3v) is 6.05. The van der Waals surface area contributed by atoms with Crippen molar-refractivity contribution in [3.8, 4) is 10.4 Å². The first-order valence-corrected chi connectivity index (χ1v) is 10.4. The summed E-state index contributed by atoms with van der Waals surface area (Å²) in [4.78, 5) is 19.7. The number of H-pyrrole nitrogens is 1. The molecule has 11 heteroatoms. The third-order valence-electron chi connectivity index (χ3n) is 5.05. The van der Waals surface area contributed by atoms with Gasteiger partial charge in [-0.1, -0.05) is 23.5 Å². The van der Waals surface area contributed by atoms with Gasteiger partial charge in [0.15, 0.2) is 5.13 Å². The van der Waals surface area contributed by atoms with E-state index >= 15 is 0 Å². The number of fused-ring (bicyclic) bond motifs is 1. The first-order chi connectivity index (χ1) is 15.1. The summed E-state index contributed by atoms with van der Waals surface area (Å²) in [5.41, 5.74) is 7.39. The number of rotatable bonds is 6. The fraction of sp³-hybridized carbons (Fsp3) is 0.238. The van der Waals surface area contributed by atoms with Crippen molar-refractivity contribution in [3.63, 3.8) is 0 Å². The highest BCUT2D eigenvalue weighted by Crippen LogP contribution is 2.32. The van der Waals surface area contributed by atoms with E-state index in [-0.39, 0.29) is 12.1 Å². The van der Waals surface area contributed by atoms with Crippen LogP contribution in [0.3, 0.4) is 0 Å². The van der Waals surface area contributed by atoms with E-state index in [1.165, 1.54) is 22.0 Å². The Morgan fingerprint density at radius 3 is 2.75 bits per heavy atom. The Morgan fingerprint density at radius 2 is 2.03 bits per heavy atom. The summed E-state index contributed by atoms with van der Waals surface area (Å²) in [6.07, 6.45) is -2.82. The number of nitrogens with two attached hydrogens (primary N) is 1. The second-order valence-corrected chi connectivity index (χ2v) is 8.44. The predicted octanol–water partition coefficient (Wildman–Crippen LogP) is 4.13. The van der Waals surface area contributed by atoms with E-state index in [1.54, 1.807) is 13.2 Å². The Morgan fingerprint density at radius 1 is 1.25 bits per heavy atom. The van der Waals surface area contributed by atoms with Gasteiger partial charge in [0.2, 0.25) is 0 Å². The number of alkyl halides is 3. The van der Waals surface area contributed by atoms with Gasteiger partial charge in [0.05, 0.1) is 21.5 Å². The highest BCUT2D eigenvalue weighted by molar-refractivity contribution is 7.18. The van der Waals surface area contributed by atoms with Gasteiger partial charge in [-0.3, -0.25) is 4.57 Å². The van der Waals surface area contributed by atoms with Crippen LogP contribution in [0.25, 0.3) is 21.5 Å². The number of nitrogens with zero attached hydrogens (tertiary/aromatic N) is 2. The number of thiazole rings is 1. The van der Waals surface area contributed by atoms with Crippen LogP contribution in [-0.4, -0.2) is 27.1 Å². The summed E-state index contributed by atoms with van der Waals surface area (Å²) in [6.45, 7) is 0.306. The first-order valence-electron chi connectivity index (χ1n) is 9.62. The lowest BCUT2D eigenvalue weighted by atomic mass is 10.0. The van der Waals surface area contributed by atoms with Gasteiger partial charge in [-0.15, -0.1) is 0 Å². The van der Waals surface area contributed by atoms with Crippen molar-refractivity contribution in [1.29, 1.82) is 0 Å². The highest BCUT2D eigenvalue weighted by atomic mass is 32.1. The number of halogens is 4. The van der Waals surface area contributed by atoms with Crippen LogP contribution in [0.15, 0.2) is 47.4 Å². The molecule has 168 valence electrons. The molecule has 0 radical (unpaired) electrons. The first kappa shape index (κ1) is 22.0. The lowest BCUT2D eigenvalue weighted by Gasteiger charge is -2.14. The maximum Gasteiger partial charge on any atom is 0.419 e. The molecule has 0 saturated heterocycles. The van der Waals surface area contributed by atoms with Gasteiger partial charge >= 0.3 is 11.9 Å². The lowest BCUT2D eigenvalue weighted by molar-refractivity contribution is -0.140. The minimum absolute atomic E-state index is 0.189. The molecule has 32 heavy (non-hydrogen) atoms. The average Bonchev–Trinajstić information content (AvgIpc) is 3.30. The molecular formula is C21H19F4N5OS. The summed E-state index contributed by atoms with van der Waals surface area (Å²) in [5, 5.41) is 3.73. The van der Waals surface area contributed by atoms with E-state index in [2.05, 4.69) is 15.3 Å². The minimum atomic E-state index is -4.73. The lowest BCUT2D eigenvalue weighted by Crippen LogP contribution is -2.31. The molecule has 0 saturated carbocycles. The molecule has 4 aromatic rings.